The van der Waals surface area contributed by atoms with Crippen LogP contribution < -0.4 is 0 Å². The second kappa shape index (κ2) is 5.73. The van der Waals surface area contributed by atoms with Gasteiger partial charge in [0.25, 0.3) is 0 Å². The Balaban J connectivity index is 1.82. The highest BCUT2D eigenvalue weighted by Crippen LogP contribution is 2.39. The van der Waals surface area contributed by atoms with Crippen LogP contribution in [0.1, 0.15) is 43.7 Å². The molecule has 0 aliphatic heterocycles. The Hall–Kier alpha value is -2.62. The van der Waals surface area contributed by atoms with E-state index < -0.39 is 0 Å². The molecule has 25 heavy (non-hydrogen) atoms. The molecule has 0 unspecified atom stereocenters. The van der Waals surface area contributed by atoms with Gasteiger partial charge >= 0.3 is 0 Å². The number of hydrogen-bond acceptors (Lipinski definition) is 2. The Kier molecular flexibility index (Phi) is 3.37. The topological polar surface area (TPSA) is 46.5 Å². The van der Waals surface area contributed by atoms with Crippen LogP contribution in [-0.4, -0.2) is 19.5 Å². The summed E-state index contributed by atoms with van der Waals surface area (Å²) in [6.45, 7) is 2.08. The lowest BCUT2D eigenvalue weighted by atomic mass is 9.95. The van der Waals surface area contributed by atoms with Gasteiger partial charge in [-0.05, 0) is 43.5 Å². The highest BCUT2D eigenvalue weighted by molar-refractivity contribution is 6.04. The van der Waals surface area contributed by atoms with E-state index in [-0.39, 0.29) is 0 Å². The number of nitrogens with zero attached hydrogens (tertiary/aromatic N) is 3. The minimum absolute atomic E-state index is 0.546. The second-order valence-electron chi connectivity index (χ2n) is 7.21. The molecule has 4 aromatic rings. The van der Waals surface area contributed by atoms with E-state index in [0.29, 0.717) is 6.04 Å². The number of nitrogens with one attached hydrogen (secondary N) is 1. The molecule has 0 atom stereocenters. The van der Waals surface area contributed by atoms with E-state index in [1.807, 2.05) is 18.6 Å². The molecule has 1 aliphatic carbocycles. The fraction of sp³-hybridized carbons (Fsp3) is 0.333. The number of hydrogen-bond donors (Lipinski definition) is 1. The maximum Gasteiger partial charge on any atom is 0.139 e. The summed E-state index contributed by atoms with van der Waals surface area (Å²) in [5.41, 5.74) is 5.73. The number of H-pyrrole nitrogens is 1. The fourth-order valence-corrected chi connectivity index (χ4v) is 4.26. The first kappa shape index (κ1) is 14.7. The minimum Gasteiger partial charge on any atom is -0.346 e. The van der Waals surface area contributed by atoms with Crippen LogP contribution in [-0.2, 0) is 0 Å². The summed E-state index contributed by atoms with van der Waals surface area (Å²) in [6.07, 6.45) is 12.4. The van der Waals surface area contributed by atoms with Gasteiger partial charge in [0, 0.05) is 35.4 Å². The van der Waals surface area contributed by atoms with Crippen molar-refractivity contribution in [3.8, 4) is 11.4 Å². The van der Waals surface area contributed by atoms with Crippen molar-refractivity contribution in [2.75, 3.05) is 0 Å². The van der Waals surface area contributed by atoms with E-state index >= 15 is 0 Å². The van der Waals surface area contributed by atoms with Crippen molar-refractivity contribution < 1.29 is 0 Å². The molecule has 0 bridgehead atoms. The summed E-state index contributed by atoms with van der Waals surface area (Å²) in [7, 11) is 0. The molecular formula is C21H22N4. The maximum absolute atomic E-state index is 4.72. The molecule has 4 aromatic heterocycles. The predicted octanol–water partition coefficient (Wildman–Crippen LogP) is 5.39. The van der Waals surface area contributed by atoms with E-state index in [4.69, 9.17) is 4.98 Å². The summed E-state index contributed by atoms with van der Waals surface area (Å²) in [4.78, 5) is 12.6. The third kappa shape index (κ3) is 2.36. The Morgan fingerprint density at radius 2 is 1.92 bits per heavy atom. The smallest absolute Gasteiger partial charge is 0.139 e. The van der Waals surface area contributed by atoms with Gasteiger partial charge in [0.2, 0.25) is 0 Å². The minimum atomic E-state index is 0.546. The molecule has 1 saturated carbocycles. The zero-order valence-corrected chi connectivity index (χ0v) is 14.5. The SMILES string of the molecule is Cc1ccc(-c2cc3cnc4[nH]ccc4c3n2C2CCCCC2)nc1. The Labute approximate surface area is 146 Å². The van der Waals surface area contributed by atoms with E-state index in [1.54, 1.807) is 0 Å². The number of aromatic amines is 1. The molecule has 5 rings (SSSR count). The van der Waals surface area contributed by atoms with Gasteiger partial charge in [-0.2, -0.15) is 0 Å². The van der Waals surface area contributed by atoms with Gasteiger partial charge < -0.3 is 9.55 Å². The standard InChI is InChI=1S/C21H22N4/c1-14-7-8-18(23-12-14)19-11-15-13-24-21-17(9-10-22-21)20(15)25(19)16-5-3-2-4-6-16/h7-13,16H,2-6H2,1H3,(H,22,24). The monoisotopic (exact) mass is 330 g/mol. The molecule has 4 heteroatoms. The van der Waals surface area contributed by atoms with Gasteiger partial charge in [0.1, 0.15) is 5.65 Å². The van der Waals surface area contributed by atoms with Crippen LogP contribution in [0, 0.1) is 6.92 Å². The fourth-order valence-electron chi connectivity index (χ4n) is 4.26. The molecule has 0 saturated heterocycles. The average Bonchev–Trinajstić information content (AvgIpc) is 3.27. The van der Waals surface area contributed by atoms with Crippen LogP contribution in [0.4, 0.5) is 0 Å². The number of fused-ring (bicyclic) bond motifs is 3. The summed E-state index contributed by atoms with van der Waals surface area (Å²) < 4.78 is 2.55. The van der Waals surface area contributed by atoms with E-state index in [9.17, 15) is 0 Å². The van der Waals surface area contributed by atoms with Crippen LogP contribution in [0.3, 0.4) is 0 Å². The molecule has 1 fully saturated rings. The summed E-state index contributed by atoms with van der Waals surface area (Å²) in [6, 6.07) is 9.25. The zero-order chi connectivity index (χ0) is 16.8. The highest BCUT2D eigenvalue weighted by atomic mass is 15.0. The van der Waals surface area contributed by atoms with Crippen molar-refractivity contribution in [2.24, 2.45) is 0 Å². The molecule has 1 aliphatic rings. The molecule has 4 nitrogen and oxygen atoms in total. The molecular weight excluding hydrogens is 308 g/mol. The number of pyridine rings is 2. The van der Waals surface area contributed by atoms with Crippen LogP contribution in [0.15, 0.2) is 42.9 Å². The third-order valence-electron chi connectivity index (χ3n) is 5.49. The molecule has 4 heterocycles. The predicted molar refractivity (Wildman–Crippen MR) is 102 cm³/mol. The van der Waals surface area contributed by atoms with Gasteiger partial charge in [0.05, 0.1) is 16.9 Å². The number of aryl methyl sites for hydroxylation is 1. The average molecular weight is 330 g/mol. The largest absolute Gasteiger partial charge is 0.346 e. The van der Waals surface area contributed by atoms with Gasteiger partial charge in [-0.3, -0.25) is 4.98 Å². The van der Waals surface area contributed by atoms with Crippen molar-refractivity contribution in [2.45, 2.75) is 45.1 Å². The molecule has 0 amide bonds. The van der Waals surface area contributed by atoms with Crippen LogP contribution >= 0.6 is 0 Å². The number of rotatable bonds is 2. The lowest BCUT2D eigenvalue weighted by Crippen LogP contribution is -2.14. The maximum atomic E-state index is 4.72. The first-order valence-electron chi connectivity index (χ1n) is 9.21. The quantitative estimate of drug-likeness (QED) is 0.535. The van der Waals surface area contributed by atoms with Crippen molar-refractivity contribution in [3.05, 3.63) is 48.4 Å². The zero-order valence-electron chi connectivity index (χ0n) is 14.5. The lowest BCUT2D eigenvalue weighted by Gasteiger charge is -2.26. The molecule has 1 N–H and O–H groups in total. The third-order valence-corrected chi connectivity index (χ3v) is 5.49. The molecule has 0 radical (unpaired) electrons. The lowest BCUT2D eigenvalue weighted by molar-refractivity contribution is 0.363. The molecule has 0 aromatic carbocycles. The van der Waals surface area contributed by atoms with Crippen molar-refractivity contribution in [1.82, 2.24) is 19.5 Å². The first-order valence-corrected chi connectivity index (χ1v) is 9.21. The highest BCUT2D eigenvalue weighted by Gasteiger charge is 2.23. The van der Waals surface area contributed by atoms with E-state index in [1.165, 1.54) is 59.7 Å². The summed E-state index contributed by atoms with van der Waals surface area (Å²) >= 11 is 0. The molecule has 126 valence electrons. The van der Waals surface area contributed by atoms with Crippen LogP contribution in [0.2, 0.25) is 0 Å². The Morgan fingerprint density at radius 1 is 1.04 bits per heavy atom. The Bertz CT molecular complexity index is 1030. The first-order chi connectivity index (χ1) is 12.3. The van der Waals surface area contributed by atoms with E-state index in [0.717, 1.165) is 11.3 Å². The van der Waals surface area contributed by atoms with Crippen LogP contribution in [0.5, 0.6) is 0 Å². The van der Waals surface area contributed by atoms with Gasteiger partial charge in [-0.15, -0.1) is 0 Å². The summed E-state index contributed by atoms with van der Waals surface area (Å²) in [5, 5.41) is 2.41. The van der Waals surface area contributed by atoms with Crippen molar-refractivity contribution >= 4 is 21.9 Å². The summed E-state index contributed by atoms with van der Waals surface area (Å²) in [5.74, 6) is 0. The van der Waals surface area contributed by atoms with Crippen molar-refractivity contribution in [3.63, 3.8) is 0 Å². The van der Waals surface area contributed by atoms with Crippen molar-refractivity contribution in [1.29, 1.82) is 0 Å². The normalized spacial score (nSPS) is 16.0. The number of aromatic nitrogens is 4. The van der Waals surface area contributed by atoms with Crippen LogP contribution in [0.25, 0.3) is 33.3 Å². The van der Waals surface area contributed by atoms with Gasteiger partial charge in [-0.1, -0.05) is 25.3 Å². The second-order valence-corrected chi connectivity index (χ2v) is 7.21. The van der Waals surface area contributed by atoms with E-state index in [2.05, 4.69) is 45.7 Å². The van der Waals surface area contributed by atoms with Gasteiger partial charge in [-0.25, -0.2) is 4.98 Å². The molecule has 0 spiro atoms. The van der Waals surface area contributed by atoms with Gasteiger partial charge in [0.15, 0.2) is 0 Å². The Morgan fingerprint density at radius 3 is 2.72 bits per heavy atom.